The van der Waals surface area contributed by atoms with E-state index in [0.29, 0.717) is 5.22 Å². The van der Waals surface area contributed by atoms with Gasteiger partial charge in [0.25, 0.3) is 5.22 Å². The molecule has 2 saturated heterocycles. The van der Waals surface area contributed by atoms with Crippen LogP contribution in [-0.2, 0) is 0 Å². The van der Waals surface area contributed by atoms with Crippen molar-refractivity contribution in [1.29, 1.82) is 0 Å². The first kappa shape index (κ1) is 13.6. The minimum Gasteiger partial charge on any atom is -0.431 e. The average molecular weight is 318 g/mol. The molecule has 2 aromatic rings. The lowest BCUT2D eigenvalue weighted by Crippen LogP contribution is -2.31. The average Bonchev–Trinajstić information content (AvgIpc) is 2.68. The van der Waals surface area contributed by atoms with Gasteiger partial charge in [-0.3, -0.25) is 0 Å². The second-order valence-electron chi connectivity index (χ2n) is 6.11. The highest BCUT2D eigenvalue weighted by molar-refractivity contribution is 8.22. The zero-order valence-electron chi connectivity index (χ0n) is 11.8. The Morgan fingerprint density at radius 2 is 1.81 bits per heavy atom. The molecular weight excluding hydrogens is 300 g/mol. The number of thioether (sulfide) groups is 1. The van der Waals surface area contributed by atoms with Crippen LogP contribution in [0.3, 0.4) is 0 Å². The molecule has 0 spiro atoms. The first-order valence-corrected chi connectivity index (χ1v) is 8.83. The van der Waals surface area contributed by atoms with Crippen LogP contribution in [-0.4, -0.2) is 27.3 Å². The quantitative estimate of drug-likeness (QED) is 0.577. The van der Waals surface area contributed by atoms with Gasteiger partial charge in [0.2, 0.25) is 0 Å². The number of rotatable bonds is 1. The summed E-state index contributed by atoms with van der Waals surface area (Å²) in [4.78, 5) is 6.89. The van der Waals surface area contributed by atoms with Gasteiger partial charge < -0.3 is 9.32 Å². The Morgan fingerprint density at radius 1 is 1.14 bits per heavy atom. The summed E-state index contributed by atoms with van der Waals surface area (Å²) in [5.41, 5.74) is 1.73. The molecule has 3 nitrogen and oxygen atoms in total. The standard InChI is InChI=1S/C16H18N2OS2/c20-16(18-9-11-5-6-12(10-18)8-7-11)21-15-17-13-3-1-2-4-14(13)19-15/h1-4,11-12H,5-10H2. The Labute approximate surface area is 134 Å². The summed E-state index contributed by atoms with van der Waals surface area (Å²) < 4.78 is 6.68. The smallest absolute Gasteiger partial charge is 0.263 e. The maximum Gasteiger partial charge on any atom is 0.263 e. The van der Waals surface area contributed by atoms with E-state index in [1.165, 1.54) is 37.4 Å². The van der Waals surface area contributed by atoms with Crippen LogP contribution in [0, 0.1) is 11.8 Å². The molecule has 0 radical (unpaired) electrons. The maximum absolute atomic E-state index is 5.77. The fraction of sp³-hybridized carbons (Fsp3) is 0.500. The molecule has 3 fully saturated rings. The number of benzene rings is 1. The van der Waals surface area contributed by atoms with Crippen molar-refractivity contribution in [2.75, 3.05) is 13.1 Å². The van der Waals surface area contributed by atoms with Crippen LogP contribution in [0.2, 0.25) is 0 Å². The normalized spacial score (nSPS) is 25.2. The summed E-state index contributed by atoms with van der Waals surface area (Å²) in [7, 11) is 0. The Morgan fingerprint density at radius 3 is 2.48 bits per heavy atom. The molecule has 0 N–H and O–H groups in total. The molecule has 1 aromatic heterocycles. The fourth-order valence-corrected chi connectivity index (χ4v) is 4.54. The zero-order valence-corrected chi connectivity index (χ0v) is 13.5. The van der Waals surface area contributed by atoms with E-state index in [9.17, 15) is 0 Å². The second kappa shape index (κ2) is 5.61. The third kappa shape index (κ3) is 2.81. The van der Waals surface area contributed by atoms with Gasteiger partial charge in [0.1, 0.15) is 9.84 Å². The predicted molar refractivity (Wildman–Crippen MR) is 89.5 cm³/mol. The van der Waals surface area contributed by atoms with Crippen molar-refractivity contribution in [3.63, 3.8) is 0 Å². The molecule has 3 heterocycles. The molecule has 5 heteroatoms. The number of nitrogens with zero attached hydrogens (tertiary/aromatic N) is 2. The molecule has 0 atom stereocenters. The van der Waals surface area contributed by atoms with E-state index in [1.807, 2.05) is 24.3 Å². The van der Waals surface area contributed by atoms with Crippen LogP contribution >= 0.6 is 24.0 Å². The minimum absolute atomic E-state index is 0.665. The number of hydrogen-bond acceptors (Lipinski definition) is 4. The van der Waals surface area contributed by atoms with Gasteiger partial charge in [0.05, 0.1) is 0 Å². The lowest BCUT2D eigenvalue weighted by molar-refractivity contribution is 0.326. The lowest BCUT2D eigenvalue weighted by Gasteiger charge is -2.23. The van der Waals surface area contributed by atoms with Gasteiger partial charge in [-0.25, -0.2) is 4.98 Å². The van der Waals surface area contributed by atoms with Gasteiger partial charge in [-0.05, 0) is 61.4 Å². The first-order chi connectivity index (χ1) is 10.3. The van der Waals surface area contributed by atoms with Crippen molar-refractivity contribution in [2.24, 2.45) is 11.8 Å². The van der Waals surface area contributed by atoms with E-state index in [0.717, 1.165) is 40.3 Å². The highest BCUT2D eigenvalue weighted by Crippen LogP contribution is 2.36. The minimum atomic E-state index is 0.665. The summed E-state index contributed by atoms with van der Waals surface area (Å²) in [6.07, 6.45) is 5.49. The molecule has 1 aromatic carbocycles. The molecule has 0 amide bonds. The van der Waals surface area contributed by atoms with Gasteiger partial charge in [-0.1, -0.05) is 24.4 Å². The molecule has 1 aliphatic carbocycles. The summed E-state index contributed by atoms with van der Waals surface area (Å²) in [5, 5.41) is 0.665. The van der Waals surface area contributed by atoms with Gasteiger partial charge >= 0.3 is 0 Å². The number of para-hydroxylation sites is 2. The van der Waals surface area contributed by atoms with Crippen molar-refractivity contribution >= 4 is 39.4 Å². The molecule has 2 aliphatic heterocycles. The summed E-state index contributed by atoms with van der Waals surface area (Å²) in [6, 6.07) is 7.86. The first-order valence-electron chi connectivity index (χ1n) is 7.60. The van der Waals surface area contributed by atoms with Gasteiger partial charge in [-0.15, -0.1) is 0 Å². The van der Waals surface area contributed by atoms with Crippen LogP contribution in [0.4, 0.5) is 0 Å². The van der Waals surface area contributed by atoms with Gasteiger partial charge in [-0.2, -0.15) is 0 Å². The van der Waals surface area contributed by atoms with Crippen LogP contribution in [0.5, 0.6) is 0 Å². The Bertz CT molecular complexity index is 614. The molecule has 2 bridgehead atoms. The molecule has 0 unspecified atom stereocenters. The number of thiocarbonyl (C=S) groups is 1. The van der Waals surface area contributed by atoms with Crippen molar-refractivity contribution < 1.29 is 4.42 Å². The largest absolute Gasteiger partial charge is 0.431 e. The highest BCUT2D eigenvalue weighted by atomic mass is 32.2. The Kier molecular flexibility index (Phi) is 3.63. The molecular formula is C16H18N2OS2. The molecule has 110 valence electrons. The number of aromatic nitrogens is 1. The van der Waals surface area contributed by atoms with E-state index in [2.05, 4.69) is 9.88 Å². The summed E-state index contributed by atoms with van der Waals surface area (Å²) >= 11 is 7.14. The Hall–Kier alpha value is -1.07. The zero-order chi connectivity index (χ0) is 14.2. The molecule has 3 aliphatic rings. The van der Waals surface area contributed by atoms with E-state index in [4.69, 9.17) is 16.6 Å². The topological polar surface area (TPSA) is 29.3 Å². The van der Waals surface area contributed by atoms with Gasteiger partial charge in [0, 0.05) is 13.1 Å². The third-order valence-corrected chi connectivity index (χ3v) is 5.92. The van der Waals surface area contributed by atoms with E-state index in [-0.39, 0.29) is 0 Å². The van der Waals surface area contributed by atoms with Crippen molar-refractivity contribution in [2.45, 2.75) is 30.9 Å². The number of oxazole rings is 1. The fourth-order valence-electron chi connectivity index (χ4n) is 3.48. The number of hydrogen-bond donors (Lipinski definition) is 0. The molecule has 21 heavy (non-hydrogen) atoms. The van der Waals surface area contributed by atoms with Gasteiger partial charge in [0.15, 0.2) is 5.58 Å². The van der Waals surface area contributed by atoms with Crippen LogP contribution in [0.25, 0.3) is 11.1 Å². The van der Waals surface area contributed by atoms with E-state index < -0.39 is 0 Å². The predicted octanol–water partition coefficient (Wildman–Crippen LogP) is 4.33. The van der Waals surface area contributed by atoms with Crippen LogP contribution in [0.1, 0.15) is 25.7 Å². The Balaban J connectivity index is 1.50. The third-order valence-electron chi connectivity index (χ3n) is 4.63. The highest BCUT2D eigenvalue weighted by Gasteiger charge is 2.30. The molecule has 1 saturated carbocycles. The van der Waals surface area contributed by atoms with E-state index in [1.54, 1.807) is 0 Å². The van der Waals surface area contributed by atoms with Crippen molar-refractivity contribution in [3.8, 4) is 0 Å². The van der Waals surface area contributed by atoms with Crippen molar-refractivity contribution in [1.82, 2.24) is 9.88 Å². The van der Waals surface area contributed by atoms with Crippen LogP contribution < -0.4 is 0 Å². The number of fused-ring (bicyclic) bond motifs is 5. The lowest BCUT2D eigenvalue weighted by atomic mass is 9.84. The van der Waals surface area contributed by atoms with Crippen molar-refractivity contribution in [3.05, 3.63) is 24.3 Å². The maximum atomic E-state index is 5.77. The van der Waals surface area contributed by atoms with Crippen LogP contribution in [0.15, 0.2) is 33.9 Å². The van der Waals surface area contributed by atoms with E-state index >= 15 is 0 Å². The monoisotopic (exact) mass is 318 g/mol. The second-order valence-corrected chi connectivity index (χ2v) is 7.69. The SMILES string of the molecule is S=C(Sc1nc2ccccc2o1)N1CC2CCC(CC2)C1. The summed E-state index contributed by atoms with van der Waals surface area (Å²) in [6.45, 7) is 2.23. The molecule has 5 rings (SSSR count). The summed E-state index contributed by atoms with van der Waals surface area (Å²) in [5.74, 6) is 1.65.